The second kappa shape index (κ2) is 4.28. The van der Waals surface area contributed by atoms with Gasteiger partial charge in [-0.25, -0.2) is 0 Å². The minimum Gasteiger partial charge on any atom is -0.404 e. The average Bonchev–Trinajstić information content (AvgIpc) is 2.07. The van der Waals surface area contributed by atoms with E-state index in [-0.39, 0.29) is 12.2 Å². The molecule has 0 aliphatic heterocycles. The first-order valence-electron chi connectivity index (χ1n) is 3.87. The molecule has 0 fully saturated rings. The molecular formula is C8H8BrF3N2O. The second-order valence-corrected chi connectivity index (χ2v) is 3.59. The SMILES string of the molecule is NCc1cc(OC(F)(F)F)c(N)cc1Br. The Labute approximate surface area is 92.3 Å². The molecule has 0 aromatic heterocycles. The lowest BCUT2D eigenvalue weighted by Crippen LogP contribution is -2.18. The van der Waals surface area contributed by atoms with Gasteiger partial charge in [0.1, 0.15) is 0 Å². The minimum atomic E-state index is -4.76. The number of anilines is 1. The molecule has 1 aromatic carbocycles. The van der Waals surface area contributed by atoms with Crippen molar-refractivity contribution in [1.29, 1.82) is 0 Å². The smallest absolute Gasteiger partial charge is 0.404 e. The van der Waals surface area contributed by atoms with E-state index in [2.05, 4.69) is 20.7 Å². The summed E-state index contributed by atoms with van der Waals surface area (Å²) in [6.07, 6.45) is -4.76. The maximum atomic E-state index is 11.9. The normalized spacial score (nSPS) is 11.5. The predicted molar refractivity (Wildman–Crippen MR) is 53.1 cm³/mol. The van der Waals surface area contributed by atoms with Gasteiger partial charge in [-0.15, -0.1) is 13.2 Å². The minimum absolute atomic E-state index is 0.0923. The first-order valence-corrected chi connectivity index (χ1v) is 4.66. The summed E-state index contributed by atoms with van der Waals surface area (Å²) in [7, 11) is 0. The maximum Gasteiger partial charge on any atom is 0.573 e. The van der Waals surface area contributed by atoms with Crippen molar-refractivity contribution in [1.82, 2.24) is 0 Å². The third-order valence-electron chi connectivity index (χ3n) is 1.62. The Bertz CT molecular complexity index is 368. The highest BCUT2D eigenvalue weighted by atomic mass is 79.9. The van der Waals surface area contributed by atoms with E-state index in [1.165, 1.54) is 6.07 Å². The molecule has 15 heavy (non-hydrogen) atoms. The lowest BCUT2D eigenvalue weighted by molar-refractivity contribution is -0.274. The summed E-state index contributed by atoms with van der Waals surface area (Å²) < 4.78 is 40.1. The number of hydrogen-bond donors (Lipinski definition) is 2. The zero-order chi connectivity index (χ0) is 11.6. The van der Waals surface area contributed by atoms with Gasteiger partial charge < -0.3 is 16.2 Å². The van der Waals surface area contributed by atoms with Crippen LogP contribution in [0.2, 0.25) is 0 Å². The van der Waals surface area contributed by atoms with Crippen molar-refractivity contribution in [3.63, 3.8) is 0 Å². The molecule has 0 atom stereocenters. The fourth-order valence-corrected chi connectivity index (χ4v) is 1.50. The summed E-state index contributed by atoms with van der Waals surface area (Å²) in [6.45, 7) is 0.0923. The monoisotopic (exact) mass is 284 g/mol. The van der Waals surface area contributed by atoms with Crippen LogP contribution in [0.5, 0.6) is 5.75 Å². The van der Waals surface area contributed by atoms with Gasteiger partial charge in [0.2, 0.25) is 0 Å². The van der Waals surface area contributed by atoms with Gasteiger partial charge in [0.05, 0.1) is 5.69 Å². The maximum absolute atomic E-state index is 11.9. The van der Waals surface area contributed by atoms with Crippen molar-refractivity contribution in [2.75, 3.05) is 5.73 Å². The van der Waals surface area contributed by atoms with E-state index in [1.807, 2.05) is 0 Å². The Morgan fingerprint density at radius 1 is 1.33 bits per heavy atom. The summed E-state index contributed by atoms with van der Waals surface area (Å²) in [5, 5.41) is 0. The van der Waals surface area contributed by atoms with Crippen LogP contribution >= 0.6 is 15.9 Å². The van der Waals surface area contributed by atoms with Gasteiger partial charge >= 0.3 is 6.36 Å². The lowest BCUT2D eigenvalue weighted by atomic mass is 10.2. The second-order valence-electron chi connectivity index (χ2n) is 2.73. The summed E-state index contributed by atoms with van der Waals surface area (Å²) in [5.41, 5.74) is 11.1. The zero-order valence-electron chi connectivity index (χ0n) is 7.44. The first-order chi connectivity index (χ1) is 6.83. The largest absolute Gasteiger partial charge is 0.573 e. The molecule has 3 nitrogen and oxygen atoms in total. The van der Waals surface area contributed by atoms with Crippen LogP contribution in [-0.2, 0) is 6.54 Å². The summed E-state index contributed by atoms with van der Waals surface area (Å²) in [5.74, 6) is -0.439. The summed E-state index contributed by atoms with van der Waals surface area (Å²) in [4.78, 5) is 0. The van der Waals surface area contributed by atoms with Gasteiger partial charge in [-0.3, -0.25) is 0 Å². The van der Waals surface area contributed by atoms with Crippen molar-refractivity contribution in [3.8, 4) is 5.75 Å². The Kier molecular flexibility index (Phi) is 3.46. The first kappa shape index (κ1) is 12.1. The van der Waals surface area contributed by atoms with Crippen LogP contribution < -0.4 is 16.2 Å². The molecule has 0 amide bonds. The standard InChI is InChI=1S/C8H8BrF3N2O/c9-5-2-6(14)7(1-4(5)3-13)15-8(10,11)12/h1-2H,3,13-14H2. The molecule has 0 saturated heterocycles. The van der Waals surface area contributed by atoms with Crippen molar-refractivity contribution in [3.05, 3.63) is 22.2 Å². The van der Waals surface area contributed by atoms with Crippen molar-refractivity contribution >= 4 is 21.6 Å². The molecule has 1 rings (SSSR count). The molecule has 0 aliphatic rings. The molecule has 0 spiro atoms. The Morgan fingerprint density at radius 2 is 1.93 bits per heavy atom. The average molecular weight is 285 g/mol. The van der Waals surface area contributed by atoms with E-state index in [4.69, 9.17) is 11.5 Å². The van der Waals surface area contributed by atoms with Crippen LogP contribution in [0.1, 0.15) is 5.56 Å². The molecule has 7 heteroatoms. The number of nitrogens with two attached hydrogens (primary N) is 2. The van der Waals surface area contributed by atoms with E-state index in [0.717, 1.165) is 6.07 Å². The number of hydrogen-bond acceptors (Lipinski definition) is 3. The quantitative estimate of drug-likeness (QED) is 0.820. The molecule has 0 radical (unpaired) electrons. The Hall–Kier alpha value is -0.950. The molecule has 0 aliphatic carbocycles. The number of benzene rings is 1. The lowest BCUT2D eigenvalue weighted by Gasteiger charge is -2.13. The van der Waals surface area contributed by atoms with Gasteiger partial charge in [0.25, 0.3) is 0 Å². The highest BCUT2D eigenvalue weighted by molar-refractivity contribution is 9.10. The molecule has 1 aromatic rings. The number of ether oxygens (including phenoxy) is 1. The van der Waals surface area contributed by atoms with Gasteiger partial charge in [-0.05, 0) is 17.7 Å². The highest BCUT2D eigenvalue weighted by Crippen LogP contribution is 2.32. The van der Waals surface area contributed by atoms with E-state index < -0.39 is 12.1 Å². The zero-order valence-corrected chi connectivity index (χ0v) is 9.02. The van der Waals surface area contributed by atoms with E-state index in [9.17, 15) is 13.2 Å². The van der Waals surface area contributed by atoms with E-state index in [0.29, 0.717) is 10.0 Å². The van der Waals surface area contributed by atoms with Crippen LogP contribution in [-0.4, -0.2) is 6.36 Å². The van der Waals surface area contributed by atoms with Crippen LogP contribution in [0, 0.1) is 0 Å². The third kappa shape index (κ3) is 3.28. The number of nitrogen functional groups attached to an aromatic ring is 1. The summed E-state index contributed by atoms with van der Waals surface area (Å²) in [6, 6.07) is 2.48. The van der Waals surface area contributed by atoms with Crippen molar-refractivity contribution in [2.45, 2.75) is 12.9 Å². The molecule has 4 N–H and O–H groups in total. The topological polar surface area (TPSA) is 61.3 Å². The number of rotatable bonds is 2. The Balaban J connectivity index is 3.08. The molecule has 0 unspecified atom stereocenters. The van der Waals surface area contributed by atoms with E-state index >= 15 is 0 Å². The van der Waals surface area contributed by atoms with Crippen LogP contribution in [0.4, 0.5) is 18.9 Å². The van der Waals surface area contributed by atoms with E-state index in [1.54, 1.807) is 0 Å². The predicted octanol–water partition coefficient (Wildman–Crippen LogP) is 2.39. The number of halogens is 4. The molecule has 84 valence electrons. The molecule has 0 bridgehead atoms. The molecule has 0 saturated carbocycles. The highest BCUT2D eigenvalue weighted by Gasteiger charge is 2.32. The fourth-order valence-electron chi connectivity index (χ4n) is 0.980. The van der Waals surface area contributed by atoms with Crippen molar-refractivity contribution < 1.29 is 17.9 Å². The van der Waals surface area contributed by atoms with Crippen LogP contribution in [0.15, 0.2) is 16.6 Å². The number of alkyl halides is 3. The van der Waals surface area contributed by atoms with Gasteiger partial charge in [-0.1, -0.05) is 15.9 Å². The molecule has 0 heterocycles. The van der Waals surface area contributed by atoms with Crippen LogP contribution in [0.3, 0.4) is 0 Å². The fraction of sp³-hybridized carbons (Fsp3) is 0.250. The van der Waals surface area contributed by atoms with Gasteiger partial charge in [0.15, 0.2) is 5.75 Å². The molecular weight excluding hydrogens is 277 g/mol. The van der Waals surface area contributed by atoms with Crippen LogP contribution in [0.25, 0.3) is 0 Å². The van der Waals surface area contributed by atoms with Gasteiger partial charge in [-0.2, -0.15) is 0 Å². The van der Waals surface area contributed by atoms with Crippen molar-refractivity contribution in [2.24, 2.45) is 5.73 Å². The third-order valence-corrected chi connectivity index (χ3v) is 2.36. The van der Waals surface area contributed by atoms with Gasteiger partial charge in [0, 0.05) is 11.0 Å². The Morgan fingerprint density at radius 3 is 2.40 bits per heavy atom. The summed E-state index contributed by atoms with van der Waals surface area (Å²) >= 11 is 3.12.